The van der Waals surface area contributed by atoms with E-state index in [1.54, 1.807) is 18.2 Å². The first-order valence-corrected chi connectivity index (χ1v) is 6.89. The molecule has 1 saturated heterocycles. The Hall–Kier alpha value is -0.970. The van der Waals surface area contributed by atoms with Gasteiger partial charge in [0.2, 0.25) is 0 Å². The summed E-state index contributed by atoms with van der Waals surface area (Å²) < 4.78 is 13.6. The van der Waals surface area contributed by atoms with Gasteiger partial charge in [-0.05, 0) is 46.1 Å². The molecule has 1 aromatic rings. The molecule has 0 saturated carbocycles. The van der Waals surface area contributed by atoms with Gasteiger partial charge in [-0.1, -0.05) is 18.2 Å². The van der Waals surface area contributed by atoms with E-state index in [0.29, 0.717) is 18.2 Å². The largest absolute Gasteiger partial charge is 0.387 e. The van der Waals surface area contributed by atoms with Crippen molar-refractivity contribution in [1.29, 1.82) is 0 Å². The number of benzene rings is 1. The van der Waals surface area contributed by atoms with Crippen molar-refractivity contribution >= 4 is 0 Å². The van der Waals surface area contributed by atoms with E-state index in [4.69, 9.17) is 0 Å². The second-order valence-electron chi connectivity index (χ2n) is 5.53. The minimum absolute atomic E-state index is 0.321. The van der Waals surface area contributed by atoms with Crippen LogP contribution in [0.1, 0.15) is 24.5 Å². The minimum Gasteiger partial charge on any atom is -0.387 e. The molecule has 1 heterocycles. The first-order valence-electron chi connectivity index (χ1n) is 6.89. The Balaban J connectivity index is 1.87. The van der Waals surface area contributed by atoms with Crippen molar-refractivity contribution in [3.8, 4) is 0 Å². The molecule has 1 N–H and O–H groups in total. The molecule has 1 aliphatic rings. The van der Waals surface area contributed by atoms with Crippen LogP contribution in [0.15, 0.2) is 24.3 Å². The third kappa shape index (κ3) is 3.75. The van der Waals surface area contributed by atoms with Crippen LogP contribution in [0.25, 0.3) is 0 Å². The SMILES string of the molecule is CN(C)C1CCN(C[C@H](O)c2ccccc2F)CC1. The number of halogens is 1. The Bertz CT molecular complexity index is 403. The molecule has 0 radical (unpaired) electrons. The fourth-order valence-corrected chi connectivity index (χ4v) is 2.71. The van der Waals surface area contributed by atoms with Crippen molar-refractivity contribution in [3.63, 3.8) is 0 Å². The number of aliphatic hydroxyl groups excluding tert-OH is 1. The van der Waals surface area contributed by atoms with Gasteiger partial charge in [-0.25, -0.2) is 4.39 Å². The van der Waals surface area contributed by atoms with Gasteiger partial charge >= 0.3 is 0 Å². The topological polar surface area (TPSA) is 26.7 Å². The van der Waals surface area contributed by atoms with Crippen LogP contribution >= 0.6 is 0 Å². The number of piperidine rings is 1. The summed E-state index contributed by atoms with van der Waals surface area (Å²) in [5.41, 5.74) is 0.400. The third-order valence-corrected chi connectivity index (χ3v) is 3.98. The van der Waals surface area contributed by atoms with Crippen molar-refractivity contribution < 1.29 is 9.50 Å². The molecule has 0 bridgehead atoms. The molecule has 106 valence electrons. The lowest BCUT2D eigenvalue weighted by atomic mass is 10.0. The van der Waals surface area contributed by atoms with Crippen molar-refractivity contribution in [2.75, 3.05) is 33.7 Å². The smallest absolute Gasteiger partial charge is 0.129 e. The summed E-state index contributed by atoms with van der Waals surface area (Å²) in [5, 5.41) is 10.1. The van der Waals surface area contributed by atoms with Gasteiger partial charge < -0.3 is 14.9 Å². The normalized spacial score (nSPS) is 19.8. The lowest BCUT2D eigenvalue weighted by Gasteiger charge is -2.36. The van der Waals surface area contributed by atoms with Crippen LogP contribution in [-0.2, 0) is 0 Å². The van der Waals surface area contributed by atoms with Gasteiger partial charge in [-0.2, -0.15) is 0 Å². The van der Waals surface area contributed by atoms with Gasteiger partial charge in [0.1, 0.15) is 5.82 Å². The zero-order valence-electron chi connectivity index (χ0n) is 11.7. The maximum atomic E-state index is 13.6. The van der Waals surface area contributed by atoms with Crippen LogP contribution in [0.4, 0.5) is 4.39 Å². The number of hydrogen-bond donors (Lipinski definition) is 1. The maximum Gasteiger partial charge on any atom is 0.129 e. The van der Waals surface area contributed by atoms with Crippen molar-refractivity contribution in [2.24, 2.45) is 0 Å². The molecule has 4 heteroatoms. The molecular weight excluding hydrogens is 243 g/mol. The number of hydrogen-bond acceptors (Lipinski definition) is 3. The summed E-state index contributed by atoms with van der Waals surface area (Å²) in [6, 6.07) is 7.10. The van der Waals surface area contributed by atoms with E-state index in [1.807, 2.05) is 0 Å². The lowest BCUT2D eigenvalue weighted by Crippen LogP contribution is -2.43. The molecular formula is C15H23FN2O. The van der Waals surface area contributed by atoms with Gasteiger partial charge in [0.15, 0.2) is 0 Å². The van der Waals surface area contributed by atoms with E-state index in [1.165, 1.54) is 6.07 Å². The number of nitrogens with zero attached hydrogens (tertiary/aromatic N) is 2. The average molecular weight is 266 g/mol. The number of aliphatic hydroxyl groups is 1. The predicted octanol–water partition coefficient (Wildman–Crippen LogP) is 1.89. The van der Waals surface area contributed by atoms with Gasteiger partial charge in [0.05, 0.1) is 6.10 Å². The molecule has 1 atom stereocenters. The Morgan fingerprint density at radius 3 is 2.53 bits per heavy atom. The Labute approximate surface area is 114 Å². The highest BCUT2D eigenvalue weighted by atomic mass is 19.1. The first kappa shape index (κ1) is 14.4. The van der Waals surface area contributed by atoms with Crippen LogP contribution in [0.5, 0.6) is 0 Å². The van der Waals surface area contributed by atoms with Crippen LogP contribution in [0.2, 0.25) is 0 Å². The summed E-state index contributed by atoms with van der Waals surface area (Å²) >= 11 is 0. The van der Waals surface area contributed by atoms with Crippen LogP contribution < -0.4 is 0 Å². The van der Waals surface area contributed by atoms with E-state index in [0.717, 1.165) is 25.9 Å². The summed E-state index contributed by atoms with van der Waals surface area (Å²) in [4.78, 5) is 4.47. The summed E-state index contributed by atoms with van der Waals surface area (Å²) in [5.74, 6) is -0.321. The van der Waals surface area contributed by atoms with E-state index >= 15 is 0 Å². The molecule has 1 fully saturated rings. The van der Waals surface area contributed by atoms with E-state index < -0.39 is 6.10 Å². The molecule has 1 aromatic carbocycles. The van der Waals surface area contributed by atoms with Gasteiger partial charge in [-0.3, -0.25) is 0 Å². The van der Waals surface area contributed by atoms with Crippen LogP contribution in [0, 0.1) is 5.82 Å². The fourth-order valence-electron chi connectivity index (χ4n) is 2.71. The monoisotopic (exact) mass is 266 g/mol. The molecule has 2 rings (SSSR count). The maximum absolute atomic E-state index is 13.6. The second-order valence-corrected chi connectivity index (χ2v) is 5.53. The lowest BCUT2D eigenvalue weighted by molar-refractivity contribution is 0.0780. The van der Waals surface area contributed by atoms with E-state index in [-0.39, 0.29) is 5.82 Å². The number of β-amino-alcohol motifs (C(OH)–C–C–N with tert-alkyl or cyclic N) is 1. The summed E-state index contributed by atoms with van der Waals surface area (Å²) in [6.07, 6.45) is 1.48. The number of likely N-dealkylation sites (tertiary alicyclic amines) is 1. The summed E-state index contributed by atoms with van der Waals surface area (Å²) in [6.45, 7) is 2.45. The molecule has 3 nitrogen and oxygen atoms in total. The fraction of sp³-hybridized carbons (Fsp3) is 0.600. The minimum atomic E-state index is -0.739. The zero-order valence-corrected chi connectivity index (χ0v) is 11.7. The van der Waals surface area contributed by atoms with Crippen LogP contribution in [-0.4, -0.2) is 54.7 Å². The average Bonchev–Trinajstić information content (AvgIpc) is 2.39. The standard InChI is InChI=1S/C15H23FN2O/c1-17(2)12-7-9-18(10-8-12)11-15(19)13-5-3-4-6-14(13)16/h3-6,12,15,19H,7-11H2,1-2H3/t15-/m0/s1. The molecule has 19 heavy (non-hydrogen) atoms. The summed E-state index contributed by atoms with van der Waals surface area (Å²) in [7, 11) is 4.21. The molecule has 0 amide bonds. The number of rotatable bonds is 4. The van der Waals surface area contributed by atoms with Crippen molar-refractivity contribution in [1.82, 2.24) is 9.80 Å². The van der Waals surface area contributed by atoms with Crippen molar-refractivity contribution in [2.45, 2.75) is 25.0 Å². The highest BCUT2D eigenvalue weighted by Crippen LogP contribution is 2.20. The molecule has 0 unspecified atom stereocenters. The molecule has 0 aliphatic carbocycles. The second kappa shape index (κ2) is 6.46. The van der Waals surface area contributed by atoms with Crippen molar-refractivity contribution in [3.05, 3.63) is 35.6 Å². The van der Waals surface area contributed by atoms with E-state index in [9.17, 15) is 9.50 Å². The van der Waals surface area contributed by atoms with Gasteiger partial charge in [-0.15, -0.1) is 0 Å². The molecule has 0 spiro atoms. The van der Waals surface area contributed by atoms with Gasteiger partial charge in [0.25, 0.3) is 0 Å². The highest BCUT2D eigenvalue weighted by Gasteiger charge is 2.23. The highest BCUT2D eigenvalue weighted by molar-refractivity contribution is 5.20. The molecule has 1 aliphatic heterocycles. The van der Waals surface area contributed by atoms with E-state index in [2.05, 4.69) is 23.9 Å². The quantitative estimate of drug-likeness (QED) is 0.901. The first-order chi connectivity index (χ1) is 9.08. The third-order valence-electron chi connectivity index (χ3n) is 3.98. The Morgan fingerprint density at radius 2 is 1.95 bits per heavy atom. The Morgan fingerprint density at radius 1 is 1.32 bits per heavy atom. The van der Waals surface area contributed by atoms with Crippen LogP contribution in [0.3, 0.4) is 0 Å². The molecule has 0 aromatic heterocycles. The predicted molar refractivity (Wildman–Crippen MR) is 74.5 cm³/mol. The van der Waals surface area contributed by atoms with Gasteiger partial charge in [0, 0.05) is 18.2 Å². The Kier molecular flexibility index (Phi) is 4.91. The zero-order chi connectivity index (χ0) is 13.8.